The second-order valence-corrected chi connectivity index (χ2v) is 7.05. The molecule has 0 spiro atoms. The van der Waals surface area contributed by atoms with Crippen molar-refractivity contribution in [2.75, 3.05) is 0 Å². The van der Waals surface area contributed by atoms with Gasteiger partial charge in [-0.1, -0.05) is 56.7 Å². The summed E-state index contributed by atoms with van der Waals surface area (Å²) in [5, 5.41) is 8.72. The molecule has 1 atom stereocenters. The molecule has 0 aromatic rings. The van der Waals surface area contributed by atoms with Crippen molar-refractivity contribution in [3.63, 3.8) is 0 Å². The minimum Gasteiger partial charge on any atom is -0.481 e. The van der Waals surface area contributed by atoms with Crippen LogP contribution in [0.5, 0.6) is 0 Å². The fraction of sp³-hybridized carbons (Fsp3) is 0.500. The Hall–Kier alpha value is -1.90. The normalized spacial score (nSPS) is 20.6. The average Bonchev–Trinajstić information content (AvgIpc) is 2.42. The lowest BCUT2D eigenvalue weighted by Gasteiger charge is -2.32. The third kappa shape index (κ3) is 6.01. The van der Waals surface area contributed by atoms with Crippen LogP contribution in [-0.4, -0.2) is 16.9 Å². The maximum Gasteiger partial charge on any atom is 0.303 e. The quantitative estimate of drug-likeness (QED) is 0.712. The molecule has 3 heteroatoms. The van der Waals surface area contributed by atoms with Crippen LogP contribution in [0.25, 0.3) is 0 Å². The number of allylic oxidation sites excluding steroid dienone is 8. The minimum absolute atomic E-state index is 0.0142. The summed E-state index contributed by atoms with van der Waals surface area (Å²) in [5.74, 6) is -0.525. The Morgan fingerprint density at radius 1 is 1.39 bits per heavy atom. The number of Topliss-reactive ketones (excluding diaryl/α,β-unsaturated/α-hetero) is 1. The zero-order chi connectivity index (χ0) is 17.6. The summed E-state index contributed by atoms with van der Waals surface area (Å²) in [6, 6.07) is 0. The van der Waals surface area contributed by atoms with E-state index in [1.165, 1.54) is 0 Å². The van der Waals surface area contributed by atoms with Crippen LogP contribution in [0.3, 0.4) is 0 Å². The van der Waals surface area contributed by atoms with E-state index in [9.17, 15) is 9.59 Å². The van der Waals surface area contributed by atoms with Crippen molar-refractivity contribution in [3.05, 3.63) is 47.1 Å². The lowest BCUT2D eigenvalue weighted by Crippen LogP contribution is -2.24. The third-order valence-electron chi connectivity index (χ3n) is 4.34. The third-order valence-corrected chi connectivity index (χ3v) is 4.34. The average molecular weight is 316 g/mol. The second-order valence-electron chi connectivity index (χ2n) is 7.05. The van der Waals surface area contributed by atoms with E-state index in [0.29, 0.717) is 6.42 Å². The van der Waals surface area contributed by atoms with Gasteiger partial charge in [-0.15, -0.1) is 0 Å². The standard InChI is InChI=1S/C20H28O3/c1-14(7-6-8-15(2)13-19(22)23)9-10-17-16(3)18(21)11-12-20(17,4)5/h6-10,15H,11-13H2,1-5H3,(H,22,23)/b8-6+,10-9+,14-7-. The van der Waals surface area contributed by atoms with Crippen molar-refractivity contribution in [2.24, 2.45) is 11.3 Å². The fourth-order valence-electron chi connectivity index (χ4n) is 2.77. The Balaban J connectivity index is 2.81. The molecule has 0 fully saturated rings. The number of carboxylic acids is 1. The molecule has 1 aliphatic rings. The van der Waals surface area contributed by atoms with E-state index in [1.807, 2.05) is 51.2 Å². The van der Waals surface area contributed by atoms with Crippen LogP contribution in [0.4, 0.5) is 0 Å². The summed E-state index contributed by atoms with van der Waals surface area (Å²) < 4.78 is 0. The molecule has 0 aromatic carbocycles. The first-order valence-corrected chi connectivity index (χ1v) is 8.13. The van der Waals surface area contributed by atoms with Crippen molar-refractivity contribution < 1.29 is 14.7 Å². The monoisotopic (exact) mass is 316 g/mol. The fourth-order valence-corrected chi connectivity index (χ4v) is 2.77. The molecule has 1 N–H and O–H groups in total. The lowest BCUT2D eigenvalue weighted by atomic mass is 9.72. The summed E-state index contributed by atoms with van der Waals surface area (Å²) in [6.45, 7) is 10.1. The van der Waals surface area contributed by atoms with Crippen LogP contribution in [0, 0.1) is 11.3 Å². The molecule has 0 amide bonds. The van der Waals surface area contributed by atoms with Crippen molar-refractivity contribution in [1.29, 1.82) is 0 Å². The number of aliphatic carboxylic acids is 1. The number of carbonyl (C=O) groups is 2. The molecule has 1 rings (SSSR count). The summed E-state index contributed by atoms with van der Waals surface area (Å²) in [5.41, 5.74) is 3.08. The first-order valence-electron chi connectivity index (χ1n) is 8.13. The first-order chi connectivity index (χ1) is 10.6. The van der Waals surface area contributed by atoms with Crippen molar-refractivity contribution in [1.82, 2.24) is 0 Å². The topological polar surface area (TPSA) is 54.4 Å². The van der Waals surface area contributed by atoms with Gasteiger partial charge >= 0.3 is 5.97 Å². The molecule has 23 heavy (non-hydrogen) atoms. The van der Waals surface area contributed by atoms with Crippen LogP contribution in [0.15, 0.2) is 47.1 Å². The highest BCUT2D eigenvalue weighted by atomic mass is 16.4. The molecule has 1 aliphatic carbocycles. The van der Waals surface area contributed by atoms with Crippen molar-refractivity contribution in [3.8, 4) is 0 Å². The molecule has 0 saturated heterocycles. The van der Waals surface area contributed by atoms with Gasteiger partial charge in [-0.05, 0) is 42.7 Å². The number of carbonyl (C=O) groups excluding carboxylic acids is 1. The number of hydrogen-bond acceptors (Lipinski definition) is 2. The van der Waals surface area contributed by atoms with Crippen molar-refractivity contribution >= 4 is 11.8 Å². The van der Waals surface area contributed by atoms with Gasteiger partial charge in [0, 0.05) is 6.42 Å². The Morgan fingerprint density at radius 3 is 2.65 bits per heavy atom. The molecule has 0 aromatic heterocycles. The SMILES string of the molecule is CC1=C(/C=C/C(C)=C\C=C\C(C)CC(=O)O)C(C)(C)CCC1=O. The summed E-state index contributed by atoms with van der Waals surface area (Å²) in [6.07, 6.45) is 11.5. The predicted molar refractivity (Wildman–Crippen MR) is 94.2 cm³/mol. The second kappa shape index (κ2) is 8.09. The van der Waals surface area contributed by atoms with E-state index in [-0.39, 0.29) is 23.5 Å². The van der Waals surface area contributed by atoms with Crippen LogP contribution in [0.1, 0.15) is 53.9 Å². The van der Waals surface area contributed by atoms with E-state index >= 15 is 0 Å². The molecular formula is C20H28O3. The zero-order valence-electron chi connectivity index (χ0n) is 14.8. The minimum atomic E-state index is -0.783. The van der Waals surface area contributed by atoms with Gasteiger partial charge in [0.1, 0.15) is 0 Å². The molecular weight excluding hydrogens is 288 g/mol. The Labute approximate surface area is 139 Å². The van der Waals surface area contributed by atoms with Crippen LogP contribution < -0.4 is 0 Å². The summed E-state index contributed by atoms with van der Waals surface area (Å²) in [7, 11) is 0. The van der Waals surface area contributed by atoms with Gasteiger partial charge in [0.15, 0.2) is 5.78 Å². The molecule has 0 bridgehead atoms. The van der Waals surface area contributed by atoms with Gasteiger partial charge in [-0.25, -0.2) is 0 Å². The number of rotatable bonds is 6. The van der Waals surface area contributed by atoms with Crippen LogP contribution in [0.2, 0.25) is 0 Å². The number of ketones is 1. The van der Waals surface area contributed by atoms with Gasteiger partial charge in [0.25, 0.3) is 0 Å². The maximum atomic E-state index is 11.9. The molecule has 0 saturated carbocycles. The van der Waals surface area contributed by atoms with Crippen LogP contribution >= 0.6 is 0 Å². The smallest absolute Gasteiger partial charge is 0.303 e. The molecule has 0 aliphatic heterocycles. The van der Waals surface area contributed by atoms with Gasteiger partial charge in [0.05, 0.1) is 6.42 Å². The molecule has 0 heterocycles. The van der Waals surface area contributed by atoms with E-state index < -0.39 is 5.97 Å². The van der Waals surface area contributed by atoms with E-state index in [1.54, 1.807) is 0 Å². The van der Waals surface area contributed by atoms with Gasteiger partial charge < -0.3 is 5.11 Å². The predicted octanol–water partition coefficient (Wildman–Crippen LogP) is 4.86. The Kier molecular flexibility index (Phi) is 6.74. The molecule has 3 nitrogen and oxygen atoms in total. The van der Waals surface area contributed by atoms with Gasteiger partial charge in [-0.2, -0.15) is 0 Å². The number of carboxylic acid groups (broad SMARTS) is 1. The Bertz CT molecular complexity index is 586. The zero-order valence-corrected chi connectivity index (χ0v) is 14.8. The first kappa shape index (κ1) is 19.1. The Morgan fingerprint density at radius 2 is 2.04 bits per heavy atom. The van der Waals surface area contributed by atoms with Gasteiger partial charge in [-0.3, -0.25) is 9.59 Å². The number of hydrogen-bond donors (Lipinski definition) is 1. The van der Waals surface area contributed by atoms with Crippen LogP contribution in [-0.2, 0) is 9.59 Å². The lowest BCUT2D eigenvalue weighted by molar-refractivity contribution is -0.137. The van der Waals surface area contributed by atoms with E-state index in [4.69, 9.17) is 5.11 Å². The molecule has 0 radical (unpaired) electrons. The largest absolute Gasteiger partial charge is 0.481 e. The molecule has 126 valence electrons. The van der Waals surface area contributed by atoms with E-state index in [2.05, 4.69) is 13.8 Å². The highest BCUT2D eigenvalue weighted by Crippen LogP contribution is 2.39. The van der Waals surface area contributed by atoms with E-state index in [0.717, 1.165) is 23.1 Å². The highest BCUT2D eigenvalue weighted by molar-refractivity contribution is 5.97. The summed E-state index contributed by atoms with van der Waals surface area (Å²) >= 11 is 0. The van der Waals surface area contributed by atoms with Gasteiger partial charge in [0.2, 0.25) is 0 Å². The highest BCUT2D eigenvalue weighted by Gasteiger charge is 2.30. The maximum absolute atomic E-state index is 11.9. The summed E-state index contributed by atoms with van der Waals surface area (Å²) in [4.78, 5) is 22.5. The molecule has 1 unspecified atom stereocenters. The van der Waals surface area contributed by atoms with Crippen molar-refractivity contribution in [2.45, 2.75) is 53.9 Å².